The number of carboxylic acids is 1. The summed E-state index contributed by atoms with van der Waals surface area (Å²) < 4.78 is 58.1. The Morgan fingerprint density at radius 2 is 1.19 bits per heavy atom. The minimum atomic E-state index is -3.76. The van der Waals surface area contributed by atoms with E-state index in [9.17, 15) is 27.6 Å². The number of carbonyl (C=O) groups excluding carboxylic acids is 3. The Labute approximate surface area is 377 Å². The van der Waals surface area contributed by atoms with Crippen molar-refractivity contribution >= 4 is 33.6 Å². The molecule has 1 heterocycles. The smallest absolute Gasteiger partial charge is 0.329 e. The van der Waals surface area contributed by atoms with Crippen LogP contribution in [0.15, 0.2) is 65.8 Å². The van der Waals surface area contributed by atoms with Crippen LogP contribution >= 0.6 is 0 Å². The molecular formula is C46H66N4O13S. The molecule has 0 saturated carbocycles. The molecule has 3 N–H and O–H groups in total. The molecule has 1 aromatic heterocycles. The molecule has 0 saturated heterocycles. The maximum atomic E-state index is 13.1. The van der Waals surface area contributed by atoms with Crippen molar-refractivity contribution in [3.63, 3.8) is 0 Å². The van der Waals surface area contributed by atoms with Gasteiger partial charge in [-0.2, -0.15) is 0 Å². The van der Waals surface area contributed by atoms with Gasteiger partial charge in [-0.05, 0) is 75.4 Å². The number of unbranched alkanes of at least 4 members (excludes halogenated alkanes) is 6. The number of carbonyl (C=O) groups is 4. The fourth-order valence-electron chi connectivity index (χ4n) is 5.99. The van der Waals surface area contributed by atoms with E-state index in [0.717, 1.165) is 37.7 Å². The topological polar surface area (TPSA) is 228 Å². The minimum Gasteiger partial charge on any atom is -0.493 e. The Morgan fingerprint density at radius 3 is 1.80 bits per heavy atom. The number of nitrogens with zero attached hydrogens (tertiary/aromatic N) is 2. The number of amides is 2. The van der Waals surface area contributed by atoms with Crippen LogP contribution in [0.1, 0.15) is 99.4 Å². The standard InChI is InChI=1S/C46H66N4O13S/c1-46(2,3)63-44(54)12-10-8-6-4-5-7-9-11-36-13-15-37(16-14-36)21-24-62-39-17-19-40(20-18-39)64(56,57)35-41-49-31-38(32-50-41)45(55)48-23-26-59-27-29-60-33-42(51)47-22-25-58-28-30-61-34-43(52)53/h13-20,31-32H,4-12,21-30,33-35H2,1-3H3,(H,47,51)(H,48,55)(H,52,53). The maximum Gasteiger partial charge on any atom is 0.329 e. The van der Waals surface area contributed by atoms with Crippen molar-refractivity contribution in [2.75, 3.05) is 72.6 Å². The zero-order valence-electron chi connectivity index (χ0n) is 37.5. The summed E-state index contributed by atoms with van der Waals surface area (Å²) in [6.07, 6.45) is 12.6. The zero-order chi connectivity index (χ0) is 46.5. The predicted octanol–water partition coefficient (Wildman–Crippen LogP) is 5.07. The Hall–Kier alpha value is -5.01. The summed E-state index contributed by atoms with van der Waals surface area (Å²) >= 11 is 0. The largest absolute Gasteiger partial charge is 0.493 e. The summed E-state index contributed by atoms with van der Waals surface area (Å²) in [5, 5.41) is 13.8. The zero-order valence-corrected chi connectivity index (χ0v) is 38.3. The van der Waals surface area contributed by atoms with Crippen molar-refractivity contribution in [1.29, 1.82) is 0 Å². The number of carboxylic acid groups (broad SMARTS) is 1. The van der Waals surface area contributed by atoms with Crippen molar-refractivity contribution in [3.8, 4) is 5.75 Å². The normalized spacial score (nSPS) is 11.5. The van der Waals surface area contributed by atoms with E-state index in [1.165, 1.54) is 49.4 Å². The lowest BCUT2D eigenvalue weighted by Crippen LogP contribution is -2.31. The third-order valence-corrected chi connectivity index (χ3v) is 10.9. The molecule has 0 aliphatic heterocycles. The monoisotopic (exact) mass is 914 g/mol. The molecule has 0 bridgehead atoms. The molecule has 0 fully saturated rings. The van der Waals surface area contributed by atoms with Crippen LogP contribution in [0.25, 0.3) is 0 Å². The Morgan fingerprint density at radius 1 is 0.641 bits per heavy atom. The van der Waals surface area contributed by atoms with Gasteiger partial charge in [-0.1, -0.05) is 56.4 Å². The molecule has 354 valence electrons. The predicted molar refractivity (Wildman–Crippen MR) is 238 cm³/mol. The summed E-state index contributed by atoms with van der Waals surface area (Å²) in [6.45, 7) is 7.17. The summed E-state index contributed by atoms with van der Waals surface area (Å²) in [5.74, 6) is -1.78. The molecule has 2 aromatic carbocycles. The second kappa shape index (κ2) is 30.2. The summed E-state index contributed by atoms with van der Waals surface area (Å²) in [4.78, 5) is 54.7. The van der Waals surface area contributed by atoms with Gasteiger partial charge in [0, 0.05) is 38.3 Å². The first-order chi connectivity index (χ1) is 30.7. The van der Waals surface area contributed by atoms with E-state index in [1.54, 1.807) is 12.1 Å². The van der Waals surface area contributed by atoms with Gasteiger partial charge in [0.25, 0.3) is 5.91 Å². The van der Waals surface area contributed by atoms with Gasteiger partial charge in [0.05, 0.1) is 56.7 Å². The third kappa shape index (κ3) is 24.7. The summed E-state index contributed by atoms with van der Waals surface area (Å²) in [6, 6.07) is 14.8. The number of hydrogen-bond acceptors (Lipinski definition) is 14. The van der Waals surface area contributed by atoms with Gasteiger partial charge < -0.3 is 44.2 Å². The number of aromatic nitrogens is 2. The number of rotatable bonds is 34. The van der Waals surface area contributed by atoms with E-state index >= 15 is 0 Å². The highest BCUT2D eigenvalue weighted by atomic mass is 32.2. The molecule has 0 atom stereocenters. The molecule has 3 rings (SSSR count). The van der Waals surface area contributed by atoms with E-state index in [-0.39, 0.29) is 87.5 Å². The number of aliphatic carboxylic acids is 1. The highest BCUT2D eigenvalue weighted by molar-refractivity contribution is 7.90. The highest BCUT2D eigenvalue weighted by Crippen LogP contribution is 2.20. The molecular weight excluding hydrogens is 849 g/mol. The maximum absolute atomic E-state index is 13.1. The van der Waals surface area contributed by atoms with Crippen molar-refractivity contribution in [2.24, 2.45) is 0 Å². The molecule has 18 heteroatoms. The SMILES string of the molecule is CC(C)(C)OC(=O)CCCCCCCCCc1ccc(CCOc2ccc(S(=O)(=O)Cc3ncc(C(=O)NCCOCCOCC(=O)NCCOCCOCC(=O)O)cn3)cc2)cc1. The van der Waals surface area contributed by atoms with E-state index in [0.29, 0.717) is 25.2 Å². The first-order valence-electron chi connectivity index (χ1n) is 21.8. The molecule has 17 nitrogen and oxygen atoms in total. The summed E-state index contributed by atoms with van der Waals surface area (Å²) in [7, 11) is -3.76. The lowest BCUT2D eigenvalue weighted by Gasteiger charge is -2.19. The molecule has 0 radical (unpaired) electrons. The second-order valence-corrected chi connectivity index (χ2v) is 17.9. The molecule has 0 aliphatic carbocycles. The molecule has 0 spiro atoms. The molecule has 0 aliphatic rings. The van der Waals surface area contributed by atoms with Crippen LogP contribution in [0.5, 0.6) is 5.75 Å². The number of sulfone groups is 1. The van der Waals surface area contributed by atoms with E-state index in [4.69, 9.17) is 33.5 Å². The summed E-state index contributed by atoms with van der Waals surface area (Å²) in [5.41, 5.74) is 2.22. The molecule has 64 heavy (non-hydrogen) atoms. The van der Waals surface area contributed by atoms with Gasteiger partial charge in [-0.3, -0.25) is 14.4 Å². The van der Waals surface area contributed by atoms with Gasteiger partial charge in [-0.15, -0.1) is 0 Å². The van der Waals surface area contributed by atoms with Crippen molar-refractivity contribution in [3.05, 3.63) is 83.4 Å². The number of ether oxygens (including phenoxy) is 6. The van der Waals surface area contributed by atoms with E-state index in [1.807, 2.05) is 20.8 Å². The number of nitrogens with one attached hydrogen (secondary N) is 2. The van der Waals surface area contributed by atoms with Crippen LogP contribution in [0.4, 0.5) is 0 Å². The van der Waals surface area contributed by atoms with Crippen LogP contribution in [0, 0.1) is 0 Å². The molecule has 2 amide bonds. The van der Waals surface area contributed by atoms with Crippen molar-refractivity contribution in [1.82, 2.24) is 20.6 Å². The molecule has 3 aromatic rings. The first kappa shape index (κ1) is 53.3. The fraction of sp³-hybridized carbons (Fsp3) is 0.565. The van der Waals surface area contributed by atoms with Crippen LogP contribution in [0.3, 0.4) is 0 Å². The lowest BCUT2D eigenvalue weighted by molar-refractivity contribution is -0.155. The van der Waals surface area contributed by atoms with E-state index < -0.39 is 39.7 Å². The second-order valence-electron chi connectivity index (χ2n) is 15.9. The van der Waals surface area contributed by atoms with E-state index in [2.05, 4.69) is 44.9 Å². The van der Waals surface area contributed by atoms with Crippen molar-refractivity contribution < 1.29 is 61.1 Å². The van der Waals surface area contributed by atoms with Gasteiger partial charge in [-0.25, -0.2) is 23.2 Å². The van der Waals surface area contributed by atoms with Crippen LogP contribution in [0.2, 0.25) is 0 Å². The number of aryl methyl sites for hydroxylation is 1. The number of benzene rings is 2. The number of hydrogen-bond donors (Lipinski definition) is 3. The Balaban J connectivity index is 1.21. The quantitative estimate of drug-likeness (QED) is 0.0525. The van der Waals surface area contributed by atoms with Crippen LogP contribution < -0.4 is 15.4 Å². The minimum absolute atomic E-state index is 0.0496. The molecule has 0 unspecified atom stereocenters. The lowest BCUT2D eigenvalue weighted by atomic mass is 10.0. The third-order valence-electron chi connectivity index (χ3n) is 9.22. The van der Waals surface area contributed by atoms with Gasteiger partial charge in [0.1, 0.15) is 36.1 Å². The first-order valence-corrected chi connectivity index (χ1v) is 23.5. The fourth-order valence-corrected chi connectivity index (χ4v) is 7.20. The van der Waals surface area contributed by atoms with Gasteiger partial charge in [0.15, 0.2) is 9.84 Å². The van der Waals surface area contributed by atoms with Crippen LogP contribution in [-0.4, -0.2) is 125 Å². The number of esters is 1. The van der Waals surface area contributed by atoms with Crippen LogP contribution in [-0.2, 0) is 66.5 Å². The average Bonchev–Trinajstić information content (AvgIpc) is 3.25. The average molecular weight is 915 g/mol. The van der Waals surface area contributed by atoms with Gasteiger partial charge >= 0.3 is 11.9 Å². The van der Waals surface area contributed by atoms with Crippen molar-refractivity contribution in [2.45, 2.75) is 101 Å². The highest BCUT2D eigenvalue weighted by Gasteiger charge is 2.19. The Bertz CT molecular complexity index is 1920. The Kier molecular flexibility index (Phi) is 25.2. The van der Waals surface area contributed by atoms with Gasteiger partial charge in [0.2, 0.25) is 5.91 Å².